The topological polar surface area (TPSA) is 136 Å². The number of alkyl carbamates (subject to hydrolysis) is 1. The van der Waals surface area contributed by atoms with E-state index in [1.807, 2.05) is 81.4 Å². The number of thiazole rings is 1. The van der Waals surface area contributed by atoms with Crippen LogP contribution in [0, 0.1) is 0 Å². The molecular weight excluding hydrogens is 590 g/mol. The maximum Gasteiger partial charge on any atom is 0.410 e. The first-order valence-electron chi connectivity index (χ1n) is 15.5. The Morgan fingerprint density at radius 1 is 0.933 bits per heavy atom. The highest BCUT2D eigenvalue weighted by molar-refractivity contribution is 7.09. The molecule has 10 nitrogen and oxygen atoms in total. The van der Waals surface area contributed by atoms with E-state index in [9.17, 15) is 14.4 Å². The van der Waals surface area contributed by atoms with Gasteiger partial charge in [-0.1, -0.05) is 60.7 Å². The second-order valence-electron chi connectivity index (χ2n) is 12.6. The number of carbonyl (C=O) groups excluding carboxylic acids is 3. The van der Waals surface area contributed by atoms with Crippen LogP contribution in [0.3, 0.4) is 0 Å². The van der Waals surface area contributed by atoms with Crippen LogP contribution < -0.4 is 16.4 Å². The van der Waals surface area contributed by atoms with E-state index >= 15 is 0 Å². The van der Waals surface area contributed by atoms with Crippen LogP contribution in [0.25, 0.3) is 0 Å². The number of likely N-dealkylation sites (tertiary alicyclic amines) is 1. The smallest absolute Gasteiger partial charge is 0.410 e. The van der Waals surface area contributed by atoms with Crippen LogP contribution in [0.1, 0.15) is 62.5 Å². The van der Waals surface area contributed by atoms with Gasteiger partial charge in [-0.3, -0.25) is 9.78 Å². The largest absolute Gasteiger partial charge is 0.444 e. The lowest BCUT2D eigenvalue weighted by atomic mass is 9.87. The molecule has 0 unspecified atom stereocenters. The van der Waals surface area contributed by atoms with Crippen LogP contribution in [-0.2, 0) is 33.7 Å². The Bertz CT molecular complexity index is 1360. The van der Waals surface area contributed by atoms with E-state index in [0.29, 0.717) is 51.6 Å². The Morgan fingerprint density at radius 2 is 1.49 bits per heavy atom. The maximum atomic E-state index is 13.7. The molecule has 1 fully saturated rings. The summed E-state index contributed by atoms with van der Waals surface area (Å²) in [6.45, 7) is 6.32. The Hall–Kier alpha value is -3.96. The van der Waals surface area contributed by atoms with E-state index in [1.165, 1.54) is 11.3 Å². The third kappa shape index (κ3) is 11.2. The van der Waals surface area contributed by atoms with Crippen LogP contribution in [0.5, 0.6) is 0 Å². The lowest BCUT2D eigenvalue weighted by molar-refractivity contribution is -0.129. The number of hydrogen-bond donors (Lipinski definition) is 3. The first-order chi connectivity index (χ1) is 21.5. The second kappa shape index (κ2) is 15.9. The first kappa shape index (κ1) is 33.9. The number of piperidine rings is 1. The number of hydrogen-bond acceptors (Lipinski definition) is 8. The third-order valence-electron chi connectivity index (χ3n) is 7.76. The molecule has 11 heteroatoms. The van der Waals surface area contributed by atoms with Crippen molar-refractivity contribution in [2.75, 3.05) is 13.1 Å². The standard InChI is InChI=1S/C34H45N5O5S/c1-33(2,3)44-32(42)39-18-16-34(35,17-19-39)30(40)37-27(20-25-10-6-4-7-11-25)14-15-28(21-26-12-8-5-9-13-26)38-31(41)43-23-29-22-36-24-45-29/h4-13,22,24,27-28H,14-21,23,35H2,1-3H3,(H,37,40)(H,38,41)/t27-,28-/m1/s1. The number of ether oxygens (including phenoxy) is 2. The van der Waals surface area contributed by atoms with Gasteiger partial charge in [0.05, 0.1) is 15.9 Å². The molecule has 2 heterocycles. The average molecular weight is 636 g/mol. The summed E-state index contributed by atoms with van der Waals surface area (Å²) in [5.41, 5.74) is 8.84. The summed E-state index contributed by atoms with van der Waals surface area (Å²) in [7, 11) is 0. The van der Waals surface area contributed by atoms with Crippen molar-refractivity contribution in [2.45, 2.75) is 89.1 Å². The molecular formula is C34H45N5O5S. The number of nitrogens with one attached hydrogen (secondary N) is 2. The maximum absolute atomic E-state index is 13.7. The number of nitrogens with two attached hydrogens (primary N) is 1. The molecule has 1 aromatic heterocycles. The molecule has 2 aromatic carbocycles. The zero-order valence-corrected chi connectivity index (χ0v) is 27.2. The van der Waals surface area contributed by atoms with Crippen molar-refractivity contribution < 1.29 is 23.9 Å². The van der Waals surface area contributed by atoms with Crippen LogP contribution in [0.2, 0.25) is 0 Å². The Morgan fingerprint density at radius 3 is 2.00 bits per heavy atom. The van der Waals surface area contributed by atoms with Gasteiger partial charge in [0.2, 0.25) is 5.91 Å². The zero-order chi connectivity index (χ0) is 32.3. The van der Waals surface area contributed by atoms with Crippen LogP contribution in [0.4, 0.5) is 9.59 Å². The molecule has 0 bridgehead atoms. The molecule has 0 radical (unpaired) electrons. The highest BCUT2D eigenvalue weighted by atomic mass is 32.1. The molecule has 45 heavy (non-hydrogen) atoms. The van der Waals surface area contributed by atoms with Crippen molar-refractivity contribution in [1.29, 1.82) is 0 Å². The van der Waals surface area contributed by atoms with Gasteiger partial charge in [-0.05, 0) is 70.4 Å². The molecule has 1 aliphatic heterocycles. The normalized spacial score (nSPS) is 15.9. The van der Waals surface area contributed by atoms with E-state index in [2.05, 4.69) is 15.6 Å². The minimum absolute atomic E-state index is 0.158. The van der Waals surface area contributed by atoms with Crippen LogP contribution in [-0.4, -0.2) is 64.3 Å². The van der Waals surface area contributed by atoms with Crippen LogP contribution in [0.15, 0.2) is 72.4 Å². The molecule has 3 aromatic rings. The summed E-state index contributed by atoms with van der Waals surface area (Å²) < 4.78 is 11.0. The molecule has 0 spiro atoms. The van der Waals surface area contributed by atoms with Crippen molar-refractivity contribution in [3.8, 4) is 0 Å². The summed E-state index contributed by atoms with van der Waals surface area (Å²) >= 11 is 1.43. The van der Waals surface area contributed by atoms with Gasteiger partial charge in [-0.2, -0.15) is 0 Å². The summed E-state index contributed by atoms with van der Waals surface area (Å²) in [5, 5.41) is 6.27. The number of nitrogens with zero attached hydrogens (tertiary/aromatic N) is 2. The number of benzene rings is 2. The zero-order valence-electron chi connectivity index (χ0n) is 26.4. The number of rotatable bonds is 12. The van der Waals surface area contributed by atoms with E-state index in [-0.39, 0.29) is 24.6 Å². The van der Waals surface area contributed by atoms with Gasteiger partial charge < -0.3 is 30.7 Å². The van der Waals surface area contributed by atoms with E-state index < -0.39 is 23.3 Å². The van der Waals surface area contributed by atoms with Gasteiger partial charge in [0.25, 0.3) is 0 Å². The number of amides is 3. The molecule has 3 amide bonds. The molecule has 0 aliphatic carbocycles. The van der Waals surface area contributed by atoms with Crippen molar-refractivity contribution in [3.05, 3.63) is 88.4 Å². The van der Waals surface area contributed by atoms with Crippen molar-refractivity contribution >= 4 is 29.4 Å². The average Bonchev–Trinajstić information content (AvgIpc) is 3.53. The Kier molecular flexibility index (Phi) is 12.0. The molecule has 4 rings (SSSR count). The fourth-order valence-corrected chi connectivity index (χ4v) is 5.79. The van der Waals surface area contributed by atoms with Gasteiger partial charge in [-0.15, -0.1) is 11.3 Å². The highest BCUT2D eigenvalue weighted by Gasteiger charge is 2.40. The summed E-state index contributed by atoms with van der Waals surface area (Å²) in [5.74, 6) is -0.233. The number of aromatic nitrogens is 1. The quantitative estimate of drug-likeness (QED) is 0.248. The van der Waals surface area contributed by atoms with Crippen molar-refractivity contribution in [1.82, 2.24) is 20.5 Å². The van der Waals surface area contributed by atoms with Crippen molar-refractivity contribution in [3.63, 3.8) is 0 Å². The predicted molar refractivity (Wildman–Crippen MR) is 175 cm³/mol. The van der Waals surface area contributed by atoms with E-state index in [1.54, 1.807) is 16.6 Å². The van der Waals surface area contributed by atoms with Gasteiger partial charge in [0.15, 0.2) is 0 Å². The van der Waals surface area contributed by atoms with Gasteiger partial charge in [0, 0.05) is 31.4 Å². The predicted octanol–water partition coefficient (Wildman–Crippen LogP) is 5.22. The summed E-state index contributed by atoms with van der Waals surface area (Å²) in [6.07, 6.45) is 3.89. The van der Waals surface area contributed by atoms with Gasteiger partial charge >= 0.3 is 12.2 Å². The minimum atomic E-state index is -1.10. The fourth-order valence-electron chi connectivity index (χ4n) is 5.28. The summed E-state index contributed by atoms with van der Waals surface area (Å²) in [4.78, 5) is 45.5. The number of carbonyl (C=O) groups is 3. The molecule has 0 saturated carbocycles. The third-order valence-corrected chi connectivity index (χ3v) is 8.51. The lowest BCUT2D eigenvalue weighted by Gasteiger charge is -2.39. The lowest BCUT2D eigenvalue weighted by Crippen LogP contribution is -2.61. The monoisotopic (exact) mass is 635 g/mol. The molecule has 242 valence electrons. The Balaban J connectivity index is 1.41. The minimum Gasteiger partial charge on any atom is -0.444 e. The highest BCUT2D eigenvalue weighted by Crippen LogP contribution is 2.23. The molecule has 4 N–H and O–H groups in total. The molecule has 1 saturated heterocycles. The second-order valence-corrected chi connectivity index (χ2v) is 13.6. The van der Waals surface area contributed by atoms with Gasteiger partial charge in [0.1, 0.15) is 12.2 Å². The van der Waals surface area contributed by atoms with E-state index in [0.717, 1.165) is 16.0 Å². The first-order valence-corrected chi connectivity index (χ1v) is 16.3. The van der Waals surface area contributed by atoms with E-state index in [4.69, 9.17) is 15.2 Å². The molecule has 2 atom stereocenters. The Labute approximate surface area is 269 Å². The van der Waals surface area contributed by atoms with Crippen molar-refractivity contribution in [2.24, 2.45) is 5.73 Å². The van der Waals surface area contributed by atoms with Crippen LogP contribution >= 0.6 is 11.3 Å². The SMILES string of the molecule is CC(C)(C)OC(=O)N1CCC(N)(C(=O)N[C@H](CC[C@H](Cc2ccccc2)NC(=O)OCc2cncs2)Cc2ccccc2)CC1. The molecule has 1 aliphatic rings. The fraction of sp³-hybridized carbons (Fsp3) is 0.471. The summed E-state index contributed by atoms with van der Waals surface area (Å²) in [6, 6.07) is 19.5. The van der Waals surface area contributed by atoms with Gasteiger partial charge in [-0.25, -0.2) is 9.59 Å².